The number of hydrogen-bond acceptors (Lipinski definition) is 2. The van der Waals surface area contributed by atoms with Crippen LogP contribution in [0.25, 0.3) is 0 Å². The van der Waals surface area contributed by atoms with Crippen molar-refractivity contribution in [3.8, 4) is 0 Å². The van der Waals surface area contributed by atoms with E-state index in [4.69, 9.17) is 0 Å². The third-order valence-corrected chi connectivity index (χ3v) is 3.18. The molecular formula is C17H30N4. The fraction of sp³-hybridized carbons (Fsp3) is 0.588. The fourth-order valence-electron chi connectivity index (χ4n) is 2.04. The zero-order valence-corrected chi connectivity index (χ0v) is 14.3. The van der Waals surface area contributed by atoms with Crippen molar-refractivity contribution in [2.75, 3.05) is 27.2 Å². The zero-order valence-electron chi connectivity index (χ0n) is 14.3. The first kappa shape index (κ1) is 17.5. The van der Waals surface area contributed by atoms with Crippen molar-refractivity contribution in [1.82, 2.24) is 15.5 Å². The summed E-state index contributed by atoms with van der Waals surface area (Å²) in [6, 6.07) is 8.62. The molecule has 0 aromatic heterocycles. The van der Waals surface area contributed by atoms with Gasteiger partial charge in [0, 0.05) is 39.3 Å². The van der Waals surface area contributed by atoms with Crippen LogP contribution in [0.5, 0.6) is 0 Å². The highest BCUT2D eigenvalue weighted by Gasteiger charge is 2.09. The average Bonchev–Trinajstić information content (AvgIpc) is 2.40. The normalized spacial score (nSPS) is 12.4. The van der Waals surface area contributed by atoms with E-state index < -0.39 is 0 Å². The minimum absolute atomic E-state index is 0.152. The van der Waals surface area contributed by atoms with Gasteiger partial charge in [0.05, 0.1) is 0 Å². The van der Waals surface area contributed by atoms with Crippen LogP contribution in [0.2, 0.25) is 0 Å². The van der Waals surface area contributed by atoms with Crippen LogP contribution in [0.4, 0.5) is 0 Å². The quantitative estimate of drug-likeness (QED) is 0.497. The van der Waals surface area contributed by atoms with E-state index in [1.165, 1.54) is 11.1 Å². The summed E-state index contributed by atoms with van der Waals surface area (Å²) in [6.45, 7) is 11.3. The Balaban J connectivity index is 2.43. The summed E-state index contributed by atoms with van der Waals surface area (Å²) in [5.74, 6) is 0.922. The number of aliphatic imine (C=N–C) groups is 1. The van der Waals surface area contributed by atoms with Gasteiger partial charge in [-0.2, -0.15) is 0 Å². The standard InChI is InChI=1S/C17H30N4/c1-14-7-9-15(10-8-14)13-21(6)16(18-5)19-11-12-20-17(2,3)4/h7-10,20H,11-13H2,1-6H3,(H,18,19). The molecule has 0 saturated heterocycles. The Morgan fingerprint density at radius 1 is 1.14 bits per heavy atom. The number of rotatable bonds is 5. The summed E-state index contributed by atoms with van der Waals surface area (Å²) in [5, 5.41) is 6.85. The third-order valence-electron chi connectivity index (χ3n) is 3.18. The lowest BCUT2D eigenvalue weighted by Crippen LogP contribution is -2.44. The molecule has 0 fully saturated rings. The molecule has 2 N–H and O–H groups in total. The van der Waals surface area contributed by atoms with Crippen LogP contribution in [0.15, 0.2) is 29.3 Å². The van der Waals surface area contributed by atoms with E-state index in [1.54, 1.807) is 0 Å². The van der Waals surface area contributed by atoms with Crippen LogP contribution in [-0.2, 0) is 6.54 Å². The van der Waals surface area contributed by atoms with Crippen LogP contribution in [0.1, 0.15) is 31.9 Å². The van der Waals surface area contributed by atoms with Gasteiger partial charge in [-0.3, -0.25) is 4.99 Å². The fourth-order valence-corrected chi connectivity index (χ4v) is 2.04. The number of nitrogens with zero attached hydrogens (tertiary/aromatic N) is 2. The molecule has 0 atom stereocenters. The van der Waals surface area contributed by atoms with Crippen molar-refractivity contribution >= 4 is 5.96 Å². The topological polar surface area (TPSA) is 39.7 Å². The molecular weight excluding hydrogens is 260 g/mol. The molecule has 1 aromatic rings. The van der Waals surface area contributed by atoms with Crippen molar-refractivity contribution in [1.29, 1.82) is 0 Å². The lowest BCUT2D eigenvalue weighted by atomic mass is 10.1. The number of hydrogen-bond donors (Lipinski definition) is 2. The Kier molecular flexibility index (Phi) is 6.69. The maximum Gasteiger partial charge on any atom is 0.193 e. The highest BCUT2D eigenvalue weighted by atomic mass is 15.3. The molecule has 0 radical (unpaired) electrons. The minimum atomic E-state index is 0.152. The van der Waals surface area contributed by atoms with Crippen molar-refractivity contribution in [3.63, 3.8) is 0 Å². The van der Waals surface area contributed by atoms with E-state index in [1.807, 2.05) is 7.05 Å². The molecule has 0 aliphatic heterocycles. The number of benzene rings is 1. The monoisotopic (exact) mass is 290 g/mol. The van der Waals surface area contributed by atoms with Gasteiger partial charge < -0.3 is 15.5 Å². The number of guanidine groups is 1. The van der Waals surface area contributed by atoms with E-state index >= 15 is 0 Å². The second-order valence-corrected chi connectivity index (χ2v) is 6.49. The van der Waals surface area contributed by atoms with Gasteiger partial charge in [-0.05, 0) is 33.3 Å². The van der Waals surface area contributed by atoms with Gasteiger partial charge in [0.15, 0.2) is 5.96 Å². The summed E-state index contributed by atoms with van der Waals surface area (Å²) in [6.07, 6.45) is 0. The van der Waals surface area contributed by atoms with Crippen molar-refractivity contribution in [3.05, 3.63) is 35.4 Å². The van der Waals surface area contributed by atoms with Crippen LogP contribution >= 0.6 is 0 Å². The van der Waals surface area contributed by atoms with E-state index in [2.05, 4.69) is 79.5 Å². The lowest BCUT2D eigenvalue weighted by molar-refractivity contribution is 0.422. The maximum absolute atomic E-state index is 4.34. The zero-order chi connectivity index (χ0) is 15.9. The van der Waals surface area contributed by atoms with Crippen molar-refractivity contribution in [2.45, 2.75) is 39.8 Å². The van der Waals surface area contributed by atoms with E-state index in [-0.39, 0.29) is 5.54 Å². The highest BCUT2D eigenvalue weighted by Crippen LogP contribution is 2.06. The molecule has 21 heavy (non-hydrogen) atoms. The molecule has 1 aromatic carbocycles. The molecule has 0 aliphatic carbocycles. The van der Waals surface area contributed by atoms with Gasteiger partial charge in [-0.25, -0.2) is 0 Å². The smallest absolute Gasteiger partial charge is 0.193 e. The Morgan fingerprint density at radius 2 is 1.76 bits per heavy atom. The predicted molar refractivity (Wildman–Crippen MR) is 91.8 cm³/mol. The molecule has 0 bridgehead atoms. The summed E-state index contributed by atoms with van der Waals surface area (Å²) < 4.78 is 0. The number of aryl methyl sites for hydroxylation is 1. The Bertz CT molecular complexity index is 443. The molecule has 1 rings (SSSR count). The second kappa shape index (κ2) is 8.03. The largest absolute Gasteiger partial charge is 0.355 e. The highest BCUT2D eigenvalue weighted by molar-refractivity contribution is 5.79. The lowest BCUT2D eigenvalue weighted by Gasteiger charge is -2.24. The maximum atomic E-state index is 4.34. The Labute approximate surface area is 129 Å². The molecule has 0 spiro atoms. The molecule has 118 valence electrons. The first-order valence-corrected chi connectivity index (χ1v) is 7.54. The van der Waals surface area contributed by atoms with E-state index in [0.717, 1.165) is 25.6 Å². The first-order valence-electron chi connectivity index (χ1n) is 7.54. The summed E-state index contributed by atoms with van der Waals surface area (Å²) in [7, 11) is 3.89. The first-order chi connectivity index (χ1) is 9.81. The molecule has 0 amide bonds. The van der Waals surface area contributed by atoms with Crippen LogP contribution in [-0.4, -0.2) is 43.6 Å². The van der Waals surface area contributed by atoms with Gasteiger partial charge >= 0.3 is 0 Å². The van der Waals surface area contributed by atoms with Gasteiger partial charge in [0.1, 0.15) is 0 Å². The Morgan fingerprint density at radius 3 is 2.29 bits per heavy atom. The average molecular weight is 290 g/mol. The predicted octanol–water partition coefficient (Wildman–Crippen LogP) is 2.39. The molecule has 4 nitrogen and oxygen atoms in total. The third kappa shape index (κ3) is 7.14. The van der Waals surface area contributed by atoms with Crippen LogP contribution < -0.4 is 10.6 Å². The number of nitrogens with one attached hydrogen (secondary N) is 2. The van der Waals surface area contributed by atoms with Crippen molar-refractivity contribution in [2.24, 2.45) is 4.99 Å². The van der Waals surface area contributed by atoms with Gasteiger partial charge in [-0.15, -0.1) is 0 Å². The summed E-state index contributed by atoms with van der Waals surface area (Å²) >= 11 is 0. The molecule has 4 heteroatoms. The molecule has 0 saturated carbocycles. The van der Waals surface area contributed by atoms with Gasteiger partial charge in [0.25, 0.3) is 0 Å². The Hall–Kier alpha value is -1.55. The SMILES string of the molecule is CN=C(NCCNC(C)(C)C)N(C)Cc1ccc(C)cc1. The second-order valence-electron chi connectivity index (χ2n) is 6.49. The van der Waals surface area contributed by atoms with Crippen LogP contribution in [0.3, 0.4) is 0 Å². The van der Waals surface area contributed by atoms with E-state index in [9.17, 15) is 0 Å². The van der Waals surface area contributed by atoms with Gasteiger partial charge in [-0.1, -0.05) is 29.8 Å². The van der Waals surface area contributed by atoms with Crippen LogP contribution in [0, 0.1) is 6.92 Å². The molecule has 0 unspecified atom stereocenters. The summed E-state index contributed by atoms with van der Waals surface area (Å²) in [4.78, 5) is 6.48. The minimum Gasteiger partial charge on any atom is -0.355 e. The summed E-state index contributed by atoms with van der Waals surface area (Å²) in [5.41, 5.74) is 2.73. The van der Waals surface area contributed by atoms with E-state index in [0.29, 0.717) is 0 Å². The molecule has 0 aliphatic rings. The molecule has 0 heterocycles. The van der Waals surface area contributed by atoms with Gasteiger partial charge in [0.2, 0.25) is 0 Å². The van der Waals surface area contributed by atoms with Crippen molar-refractivity contribution < 1.29 is 0 Å².